The smallest absolute Gasteiger partial charge is 0.0671 e. The molecular weight excluding hydrogens is 242 g/mol. The van der Waals surface area contributed by atoms with Gasteiger partial charge in [-0.05, 0) is 25.5 Å². The molecule has 1 aliphatic rings. The van der Waals surface area contributed by atoms with Crippen LogP contribution < -0.4 is 5.73 Å². The minimum atomic E-state index is 0.112. The Hall–Kier alpha value is -0.580. The standard InChI is InChI=1S/C14H23N3S/c1-3-12-10-17(8-9-18-12)14(11(2)15)13-6-4-5-7-16-13/h4-7,11-12,14H,3,8-10,15H2,1-2H3. The molecule has 1 aromatic heterocycles. The molecule has 0 aliphatic carbocycles. The van der Waals surface area contributed by atoms with E-state index in [0.29, 0.717) is 0 Å². The zero-order valence-electron chi connectivity index (χ0n) is 11.2. The van der Waals surface area contributed by atoms with Crippen molar-refractivity contribution in [2.45, 2.75) is 37.6 Å². The van der Waals surface area contributed by atoms with Gasteiger partial charge in [0.2, 0.25) is 0 Å². The van der Waals surface area contributed by atoms with Gasteiger partial charge in [0.05, 0.1) is 11.7 Å². The molecular formula is C14H23N3S. The molecule has 1 saturated heterocycles. The van der Waals surface area contributed by atoms with Crippen LogP contribution in [0.1, 0.15) is 32.0 Å². The zero-order chi connectivity index (χ0) is 13.0. The van der Waals surface area contributed by atoms with Crippen LogP contribution in [0.15, 0.2) is 24.4 Å². The summed E-state index contributed by atoms with van der Waals surface area (Å²) in [5, 5.41) is 0.740. The number of aromatic nitrogens is 1. The lowest BCUT2D eigenvalue weighted by Gasteiger charge is -2.39. The van der Waals surface area contributed by atoms with Gasteiger partial charge in [-0.2, -0.15) is 11.8 Å². The Kier molecular flexibility index (Phi) is 5.03. The average molecular weight is 265 g/mol. The van der Waals surface area contributed by atoms with E-state index < -0.39 is 0 Å². The quantitative estimate of drug-likeness (QED) is 0.907. The van der Waals surface area contributed by atoms with E-state index in [4.69, 9.17) is 5.73 Å². The van der Waals surface area contributed by atoms with E-state index in [1.807, 2.05) is 18.3 Å². The number of rotatable bonds is 4. The summed E-state index contributed by atoms with van der Waals surface area (Å²) in [5.41, 5.74) is 7.30. The molecule has 2 heterocycles. The molecule has 0 aromatic carbocycles. The van der Waals surface area contributed by atoms with Crippen LogP contribution in [0.2, 0.25) is 0 Å². The Morgan fingerprint density at radius 1 is 1.56 bits per heavy atom. The Morgan fingerprint density at radius 2 is 2.39 bits per heavy atom. The molecule has 1 aromatic rings. The Labute approximate surface area is 114 Å². The Morgan fingerprint density at radius 3 is 3.00 bits per heavy atom. The molecule has 2 rings (SSSR count). The fourth-order valence-corrected chi connectivity index (χ4v) is 3.79. The van der Waals surface area contributed by atoms with Crippen LogP contribution in [0, 0.1) is 0 Å². The summed E-state index contributed by atoms with van der Waals surface area (Å²) in [7, 11) is 0. The van der Waals surface area contributed by atoms with E-state index in [1.54, 1.807) is 0 Å². The maximum Gasteiger partial charge on any atom is 0.0671 e. The molecule has 18 heavy (non-hydrogen) atoms. The highest BCUT2D eigenvalue weighted by atomic mass is 32.2. The van der Waals surface area contributed by atoms with Crippen molar-refractivity contribution >= 4 is 11.8 Å². The van der Waals surface area contributed by atoms with E-state index in [2.05, 4.69) is 41.6 Å². The molecule has 0 spiro atoms. The van der Waals surface area contributed by atoms with Gasteiger partial charge in [-0.3, -0.25) is 9.88 Å². The lowest BCUT2D eigenvalue weighted by molar-refractivity contribution is 0.178. The van der Waals surface area contributed by atoms with Crippen LogP contribution in [0.3, 0.4) is 0 Å². The average Bonchev–Trinajstić information content (AvgIpc) is 2.40. The van der Waals surface area contributed by atoms with Crippen LogP contribution >= 0.6 is 11.8 Å². The summed E-state index contributed by atoms with van der Waals surface area (Å²) in [4.78, 5) is 7.01. The summed E-state index contributed by atoms with van der Waals surface area (Å²) in [6.45, 7) is 6.60. The molecule has 3 atom stereocenters. The van der Waals surface area contributed by atoms with E-state index in [9.17, 15) is 0 Å². The van der Waals surface area contributed by atoms with Gasteiger partial charge in [-0.1, -0.05) is 13.0 Å². The molecule has 2 N–H and O–H groups in total. The third-order valence-corrected chi connectivity index (χ3v) is 4.88. The minimum absolute atomic E-state index is 0.112. The van der Waals surface area contributed by atoms with Crippen molar-refractivity contribution < 1.29 is 0 Å². The summed E-state index contributed by atoms with van der Waals surface area (Å²) in [6.07, 6.45) is 3.09. The summed E-state index contributed by atoms with van der Waals surface area (Å²) in [6, 6.07) is 6.47. The van der Waals surface area contributed by atoms with Crippen molar-refractivity contribution in [1.29, 1.82) is 0 Å². The van der Waals surface area contributed by atoms with Gasteiger partial charge in [0.25, 0.3) is 0 Å². The lowest BCUT2D eigenvalue weighted by atomic mass is 10.0. The highest BCUT2D eigenvalue weighted by Crippen LogP contribution is 2.29. The number of nitrogens with two attached hydrogens (primary N) is 1. The normalized spacial score (nSPS) is 24.7. The van der Waals surface area contributed by atoms with Gasteiger partial charge < -0.3 is 5.73 Å². The van der Waals surface area contributed by atoms with Crippen LogP contribution in [0.25, 0.3) is 0 Å². The predicted molar refractivity (Wildman–Crippen MR) is 78.7 cm³/mol. The van der Waals surface area contributed by atoms with Crippen LogP contribution in [0.5, 0.6) is 0 Å². The summed E-state index contributed by atoms with van der Waals surface area (Å²) < 4.78 is 0. The molecule has 0 radical (unpaired) electrons. The highest BCUT2D eigenvalue weighted by molar-refractivity contribution is 8.00. The highest BCUT2D eigenvalue weighted by Gasteiger charge is 2.29. The molecule has 0 amide bonds. The third kappa shape index (κ3) is 3.25. The first-order chi connectivity index (χ1) is 8.72. The summed E-state index contributed by atoms with van der Waals surface area (Å²) in [5.74, 6) is 1.20. The van der Waals surface area contributed by atoms with Crippen molar-refractivity contribution in [3.63, 3.8) is 0 Å². The number of nitrogens with zero attached hydrogens (tertiary/aromatic N) is 2. The van der Waals surface area contributed by atoms with Crippen LogP contribution in [-0.4, -0.2) is 40.0 Å². The maximum atomic E-state index is 6.20. The lowest BCUT2D eigenvalue weighted by Crippen LogP contribution is -2.46. The van der Waals surface area contributed by atoms with Gasteiger partial charge in [0.1, 0.15) is 0 Å². The second-order valence-corrected chi connectivity index (χ2v) is 6.36. The van der Waals surface area contributed by atoms with E-state index >= 15 is 0 Å². The summed E-state index contributed by atoms with van der Waals surface area (Å²) >= 11 is 2.09. The molecule has 3 unspecified atom stereocenters. The molecule has 4 heteroatoms. The molecule has 100 valence electrons. The number of pyridine rings is 1. The Bertz CT molecular complexity index is 355. The van der Waals surface area contributed by atoms with Gasteiger partial charge in [-0.15, -0.1) is 0 Å². The second kappa shape index (κ2) is 6.55. The number of hydrogen-bond acceptors (Lipinski definition) is 4. The van der Waals surface area contributed by atoms with Gasteiger partial charge in [-0.25, -0.2) is 0 Å². The van der Waals surface area contributed by atoms with E-state index in [1.165, 1.54) is 12.2 Å². The first-order valence-electron chi connectivity index (χ1n) is 6.74. The minimum Gasteiger partial charge on any atom is -0.326 e. The molecule has 1 fully saturated rings. The van der Waals surface area contributed by atoms with E-state index in [0.717, 1.165) is 24.0 Å². The topological polar surface area (TPSA) is 42.2 Å². The third-order valence-electron chi connectivity index (χ3n) is 3.51. The van der Waals surface area contributed by atoms with Crippen molar-refractivity contribution in [3.05, 3.63) is 30.1 Å². The van der Waals surface area contributed by atoms with Gasteiger partial charge in [0, 0.05) is 36.3 Å². The monoisotopic (exact) mass is 265 g/mol. The number of thioether (sulfide) groups is 1. The van der Waals surface area contributed by atoms with Crippen molar-refractivity contribution in [1.82, 2.24) is 9.88 Å². The van der Waals surface area contributed by atoms with Crippen molar-refractivity contribution in [3.8, 4) is 0 Å². The van der Waals surface area contributed by atoms with Gasteiger partial charge in [0.15, 0.2) is 0 Å². The second-order valence-electron chi connectivity index (χ2n) is 4.95. The van der Waals surface area contributed by atoms with Crippen molar-refractivity contribution in [2.75, 3.05) is 18.8 Å². The zero-order valence-corrected chi connectivity index (χ0v) is 12.1. The first kappa shape index (κ1) is 13.8. The predicted octanol–water partition coefficient (Wildman–Crippen LogP) is 2.30. The molecule has 0 bridgehead atoms. The molecule has 3 nitrogen and oxygen atoms in total. The van der Waals surface area contributed by atoms with Crippen LogP contribution in [-0.2, 0) is 0 Å². The van der Waals surface area contributed by atoms with E-state index in [-0.39, 0.29) is 12.1 Å². The largest absolute Gasteiger partial charge is 0.326 e. The first-order valence-corrected chi connectivity index (χ1v) is 7.79. The Balaban J connectivity index is 2.15. The number of hydrogen-bond donors (Lipinski definition) is 1. The fraction of sp³-hybridized carbons (Fsp3) is 0.643. The van der Waals surface area contributed by atoms with Crippen LogP contribution in [0.4, 0.5) is 0 Å². The molecule has 1 aliphatic heterocycles. The molecule has 0 saturated carbocycles. The van der Waals surface area contributed by atoms with Gasteiger partial charge >= 0.3 is 0 Å². The SMILES string of the molecule is CCC1CN(C(c2ccccn2)C(C)N)CCS1. The maximum absolute atomic E-state index is 6.20. The fourth-order valence-electron chi connectivity index (χ4n) is 2.58. The van der Waals surface area contributed by atoms with Crippen molar-refractivity contribution in [2.24, 2.45) is 5.73 Å².